The summed E-state index contributed by atoms with van der Waals surface area (Å²) in [6.07, 6.45) is 0.117. The second-order valence-corrected chi connectivity index (χ2v) is 3.66. The number of carbonyl (C=O) groups is 1. The predicted molar refractivity (Wildman–Crippen MR) is 60.0 cm³/mol. The van der Waals surface area contributed by atoms with Crippen molar-refractivity contribution in [1.29, 1.82) is 0 Å². The fraction of sp³-hybridized carbons (Fsp3) is 0.364. The van der Waals surface area contributed by atoms with E-state index in [4.69, 9.17) is 0 Å². The van der Waals surface area contributed by atoms with Gasteiger partial charge in [-0.25, -0.2) is 8.78 Å². The molecule has 0 amide bonds. The van der Waals surface area contributed by atoms with Gasteiger partial charge in [-0.05, 0) is 17.2 Å². The Hall–Kier alpha value is -1.20. The van der Waals surface area contributed by atoms with E-state index in [1.807, 2.05) is 0 Å². The topological polar surface area (TPSA) is 38.3 Å². The lowest BCUT2D eigenvalue weighted by Crippen LogP contribution is -2.42. The van der Waals surface area contributed by atoms with Gasteiger partial charge in [-0.3, -0.25) is 4.79 Å². The van der Waals surface area contributed by atoms with Crippen LogP contribution in [0.15, 0.2) is 12.1 Å². The number of ether oxygens (including phenoxy) is 1. The third-order valence-corrected chi connectivity index (χ3v) is 2.73. The zero-order chi connectivity index (χ0) is 11.7. The smallest absolute Gasteiger partial charge is 0.323 e. The molecule has 0 aromatic heterocycles. The fourth-order valence-corrected chi connectivity index (χ4v) is 1.84. The summed E-state index contributed by atoms with van der Waals surface area (Å²) in [6, 6.07) is 2.01. The maximum Gasteiger partial charge on any atom is 0.323 e. The molecule has 1 heterocycles. The normalized spacial score (nSPS) is 17.9. The van der Waals surface area contributed by atoms with Crippen LogP contribution in [0.1, 0.15) is 11.1 Å². The number of hydrogen-bond acceptors (Lipinski definition) is 3. The molecule has 1 aromatic rings. The number of rotatable bonds is 1. The highest BCUT2D eigenvalue weighted by atomic mass is 35.5. The van der Waals surface area contributed by atoms with Gasteiger partial charge in [0.1, 0.15) is 6.04 Å². The largest absolute Gasteiger partial charge is 0.468 e. The van der Waals surface area contributed by atoms with Crippen LogP contribution in [0.3, 0.4) is 0 Å². The van der Waals surface area contributed by atoms with E-state index in [2.05, 4.69) is 10.1 Å². The molecule has 1 unspecified atom stereocenters. The second-order valence-electron chi connectivity index (χ2n) is 3.66. The molecular weight excluding hydrogens is 252 g/mol. The van der Waals surface area contributed by atoms with Crippen molar-refractivity contribution >= 4 is 18.4 Å². The van der Waals surface area contributed by atoms with Crippen molar-refractivity contribution in [3.8, 4) is 0 Å². The molecule has 3 nitrogen and oxygen atoms in total. The molecule has 1 aromatic carbocycles. The van der Waals surface area contributed by atoms with Crippen molar-refractivity contribution in [2.24, 2.45) is 0 Å². The quantitative estimate of drug-likeness (QED) is 0.782. The molecule has 0 bridgehead atoms. The van der Waals surface area contributed by atoms with Crippen molar-refractivity contribution in [3.05, 3.63) is 34.9 Å². The monoisotopic (exact) mass is 263 g/mol. The SMILES string of the molecule is COC(=O)C1Cc2c(ccc(F)c2F)CN1.Cl. The Bertz CT molecular complexity index is 440. The Labute approximate surface area is 104 Å². The highest BCUT2D eigenvalue weighted by Crippen LogP contribution is 2.22. The first-order valence-corrected chi connectivity index (χ1v) is 4.90. The molecule has 1 aliphatic rings. The van der Waals surface area contributed by atoms with Gasteiger partial charge in [-0.15, -0.1) is 12.4 Å². The first-order chi connectivity index (χ1) is 7.63. The van der Waals surface area contributed by atoms with Crippen LogP contribution in [-0.4, -0.2) is 19.1 Å². The lowest BCUT2D eigenvalue weighted by molar-refractivity contribution is -0.143. The minimum absolute atomic E-state index is 0. The summed E-state index contributed by atoms with van der Waals surface area (Å²) in [7, 11) is 1.27. The Morgan fingerprint density at radius 2 is 2.18 bits per heavy atom. The van der Waals surface area contributed by atoms with Crippen LogP contribution in [0.4, 0.5) is 8.78 Å². The van der Waals surface area contributed by atoms with Crippen LogP contribution < -0.4 is 5.32 Å². The molecule has 0 saturated carbocycles. The summed E-state index contributed by atoms with van der Waals surface area (Å²) in [5.74, 6) is -2.22. The molecule has 1 atom stereocenters. The molecule has 0 radical (unpaired) electrons. The van der Waals surface area contributed by atoms with Crippen LogP contribution >= 0.6 is 12.4 Å². The highest BCUT2D eigenvalue weighted by Gasteiger charge is 2.27. The van der Waals surface area contributed by atoms with Gasteiger partial charge in [0.05, 0.1) is 7.11 Å². The predicted octanol–water partition coefficient (Wildman–Crippen LogP) is 1.57. The summed E-state index contributed by atoms with van der Waals surface area (Å²) in [5.41, 5.74) is 0.938. The minimum atomic E-state index is -0.885. The average molecular weight is 264 g/mol. The van der Waals surface area contributed by atoms with E-state index in [-0.39, 0.29) is 24.4 Å². The van der Waals surface area contributed by atoms with E-state index in [1.54, 1.807) is 0 Å². The number of fused-ring (bicyclic) bond motifs is 1. The van der Waals surface area contributed by atoms with E-state index in [0.717, 1.165) is 6.07 Å². The van der Waals surface area contributed by atoms with Crippen LogP contribution in [0.5, 0.6) is 0 Å². The van der Waals surface area contributed by atoms with E-state index >= 15 is 0 Å². The van der Waals surface area contributed by atoms with Crippen LogP contribution in [0.25, 0.3) is 0 Å². The van der Waals surface area contributed by atoms with Gasteiger partial charge < -0.3 is 10.1 Å². The van der Waals surface area contributed by atoms with Crippen molar-refractivity contribution in [2.45, 2.75) is 19.0 Å². The van der Waals surface area contributed by atoms with Gasteiger partial charge >= 0.3 is 5.97 Å². The Kier molecular flexibility index (Phi) is 4.42. The summed E-state index contributed by atoms with van der Waals surface area (Å²) in [6.45, 7) is 0.340. The number of methoxy groups -OCH3 is 1. The molecule has 0 aliphatic carbocycles. The van der Waals surface area contributed by atoms with Gasteiger partial charge in [0.2, 0.25) is 0 Å². The van der Waals surface area contributed by atoms with E-state index < -0.39 is 23.6 Å². The molecule has 1 aliphatic heterocycles. The number of carbonyl (C=O) groups excluding carboxylic acids is 1. The molecule has 0 fully saturated rings. The first-order valence-electron chi connectivity index (χ1n) is 4.90. The van der Waals surface area contributed by atoms with E-state index in [9.17, 15) is 13.6 Å². The Balaban J connectivity index is 0.00000144. The summed E-state index contributed by atoms with van der Waals surface area (Å²) < 4.78 is 31.0. The number of nitrogens with one attached hydrogen (secondary N) is 1. The summed E-state index contributed by atoms with van der Waals surface area (Å²) in [4.78, 5) is 11.3. The van der Waals surface area contributed by atoms with Gasteiger partial charge in [0, 0.05) is 13.0 Å². The number of halogens is 3. The molecule has 17 heavy (non-hydrogen) atoms. The number of benzene rings is 1. The Morgan fingerprint density at radius 3 is 2.82 bits per heavy atom. The second kappa shape index (κ2) is 5.42. The van der Waals surface area contributed by atoms with Gasteiger partial charge in [-0.2, -0.15) is 0 Å². The maximum atomic E-state index is 13.5. The van der Waals surface area contributed by atoms with E-state index in [1.165, 1.54) is 13.2 Å². The maximum absolute atomic E-state index is 13.5. The average Bonchev–Trinajstić information content (AvgIpc) is 2.32. The standard InChI is InChI=1S/C11H11F2NO2.ClH/c1-16-11(15)9-4-7-6(5-14-9)2-3-8(12)10(7)13;/h2-3,9,14H,4-5H2,1H3;1H. The molecule has 0 spiro atoms. The van der Waals surface area contributed by atoms with Gasteiger partial charge in [-0.1, -0.05) is 6.07 Å². The third kappa shape index (κ3) is 2.56. The van der Waals surface area contributed by atoms with Crippen molar-refractivity contribution in [1.82, 2.24) is 5.32 Å². The Morgan fingerprint density at radius 1 is 1.47 bits per heavy atom. The zero-order valence-corrected chi connectivity index (χ0v) is 9.94. The highest BCUT2D eigenvalue weighted by molar-refractivity contribution is 5.85. The summed E-state index contributed by atoms with van der Waals surface area (Å²) in [5, 5.41) is 2.91. The number of esters is 1. The van der Waals surface area contributed by atoms with Crippen LogP contribution in [0, 0.1) is 11.6 Å². The molecule has 94 valence electrons. The minimum Gasteiger partial charge on any atom is -0.468 e. The molecule has 1 N–H and O–H groups in total. The van der Waals surface area contributed by atoms with Gasteiger partial charge in [0.25, 0.3) is 0 Å². The summed E-state index contributed by atoms with van der Waals surface area (Å²) >= 11 is 0. The third-order valence-electron chi connectivity index (χ3n) is 2.73. The van der Waals surface area contributed by atoms with Gasteiger partial charge in [0.15, 0.2) is 11.6 Å². The lowest BCUT2D eigenvalue weighted by Gasteiger charge is -2.24. The van der Waals surface area contributed by atoms with Crippen molar-refractivity contribution in [3.63, 3.8) is 0 Å². The fourth-order valence-electron chi connectivity index (χ4n) is 1.84. The molecule has 6 heteroatoms. The lowest BCUT2D eigenvalue weighted by atomic mass is 9.95. The molecule has 0 saturated heterocycles. The first kappa shape index (κ1) is 13.9. The van der Waals surface area contributed by atoms with Crippen LogP contribution in [-0.2, 0) is 22.5 Å². The zero-order valence-electron chi connectivity index (χ0n) is 9.13. The van der Waals surface area contributed by atoms with Crippen molar-refractivity contribution < 1.29 is 18.3 Å². The molecular formula is C11H12ClF2NO2. The molecule has 2 rings (SSSR count). The number of hydrogen-bond donors (Lipinski definition) is 1. The van der Waals surface area contributed by atoms with Crippen LogP contribution in [0.2, 0.25) is 0 Å². The van der Waals surface area contributed by atoms with Crippen molar-refractivity contribution in [2.75, 3.05) is 7.11 Å². The van der Waals surface area contributed by atoms with E-state index in [0.29, 0.717) is 12.1 Å².